The fourth-order valence-electron chi connectivity index (χ4n) is 1.96. The Bertz CT molecular complexity index is 343. The van der Waals surface area contributed by atoms with E-state index >= 15 is 0 Å². The third kappa shape index (κ3) is 2.74. The molecule has 0 bridgehead atoms. The van der Waals surface area contributed by atoms with E-state index in [1.165, 1.54) is 0 Å². The van der Waals surface area contributed by atoms with Crippen LogP contribution in [0.1, 0.15) is 32.6 Å². The van der Waals surface area contributed by atoms with E-state index in [1.807, 2.05) is 0 Å². The van der Waals surface area contributed by atoms with Crippen LogP contribution in [0, 0.1) is 5.41 Å². The predicted molar refractivity (Wildman–Crippen MR) is 63.0 cm³/mol. The van der Waals surface area contributed by atoms with Crippen molar-refractivity contribution in [3.8, 4) is 0 Å². The van der Waals surface area contributed by atoms with Crippen LogP contribution in [-0.4, -0.2) is 38.4 Å². The third-order valence-electron chi connectivity index (χ3n) is 3.66. The lowest BCUT2D eigenvalue weighted by molar-refractivity contribution is 0.181. The van der Waals surface area contributed by atoms with Gasteiger partial charge in [-0.3, -0.25) is 0 Å². The molecule has 1 saturated heterocycles. The van der Waals surface area contributed by atoms with E-state index in [-0.39, 0.29) is 11.5 Å². The van der Waals surface area contributed by atoms with Crippen molar-refractivity contribution in [2.24, 2.45) is 11.1 Å². The summed E-state index contributed by atoms with van der Waals surface area (Å²) in [5, 5.41) is 0. The van der Waals surface area contributed by atoms with E-state index in [0.717, 1.165) is 25.7 Å². The molecule has 2 fully saturated rings. The lowest BCUT2D eigenvalue weighted by Crippen LogP contribution is -2.49. The second-order valence-corrected chi connectivity index (χ2v) is 7.01. The fraction of sp³-hybridized carbons (Fsp3) is 1.00. The minimum atomic E-state index is -3.24. The van der Waals surface area contributed by atoms with E-state index in [1.54, 1.807) is 4.31 Å². The summed E-state index contributed by atoms with van der Waals surface area (Å²) in [6.45, 7) is 3.95. The first-order chi connectivity index (χ1) is 7.45. The predicted octanol–water partition coefficient (Wildman–Crippen LogP) is 0.0440. The molecule has 6 heteroatoms. The standard InChI is InChI=1S/C10H21N3O2S/c1-10(8-11)4-6-13(7-5-10)16(14,15)12-9-2-3-9/h9,12H,2-8,11H2,1H3. The highest BCUT2D eigenvalue weighted by molar-refractivity contribution is 7.87. The molecule has 3 N–H and O–H groups in total. The monoisotopic (exact) mass is 247 g/mol. The van der Waals surface area contributed by atoms with E-state index in [0.29, 0.717) is 19.6 Å². The van der Waals surface area contributed by atoms with Crippen molar-refractivity contribution >= 4 is 10.2 Å². The van der Waals surface area contributed by atoms with Gasteiger partial charge in [0.25, 0.3) is 10.2 Å². The van der Waals surface area contributed by atoms with Crippen molar-refractivity contribution in [2.75, 3.05) is 19.6 Å². The van der Waals surface area contributed by atoms with Crippen LogP contribution in [0.15, 0.2) is 0 Å². The molecule has 0 spiro atoms. The van der Waals surface area contributed by atoms with Crippen molar-refractivity contribution in [2.45, 2.75) is 38.6 Å². The molecule has 0 amide bonds. The van der Waals surface area contributed by atoms with E-state index in [4.69, 9.17) is 5.73 Å². The van der Waals surface area contributed by atoms with Crippen molar-refractivity contribution < 1.29 is 8.42 Å². The van der Waals surface area contributed by atoms with Gasteiger partial charge in [-0.1, -0.05) is 6.92 Å². The van der Waals surface area contributed by atoms with Crippen molar-refractivity contribution in [3.63, 3.8) is 0 Å². The van der Waals surface area contributed by atoms with Gasteiger partial charge in [-0.2, -0.15) is 17.4 Å². The molecule has 1 heterocycles. The summed E-state index contributed by atoms with van der Waals surface area (Å²) < 4.78 is 28.1. The largest absolute Gasteiger partial charge is 0.330 e. The highest BCUT2D eigenvalue weighted by Crippen LogP contribution is 2.31. The molecule has 0 aromatic carbocycles. The summed E-state index contributed by atoms with van der Waals surface area (Å²) >= 11 is 0. The quantitative estimate of drug-likeness (QED) is 0.737. The van der Waals surface area contributed by atoms with Crippen molar-refractivity contribution in [3.05, 3.63) is 0 Å². The topological polar surface area (TPSA) is 75.4 Å². The van der Waals surface area contributed by atoms with Crippen LogP contribution in [0.3, 0.4) is 0 Å². The van der Waals surface area contributed by atoms with Crippen molar-refractivity contribution in [1.82, 2.24) is 9.03 Å². The Labute approximate surface area is 97.6 Å². The van der Waals surface area contributed by atoms with Gasteiger partial charge in [0.15, 0.2) is 0 Å². The van der Waals surface area contributed by atoms with E-state index < -0.39 is 10.2 Å². The molecule has 2 rings (SSSR count). The molecule has 0 unspecified atom stereocenters. The van der Waals surface area contributed by atoms with Crippen molar-refractivity contribution in [1.29, 1.82) is 0 Å². The number of nitrogens with zero attached hydrogens (tertiary/aromatic N) is 1. The second-order valence-electron chi connectivity index (χ2n) is 5.31. The zero-order chi connectivity index (χ0) is 11.8. The van der Waals surface area contributed by atoms with E-state index in [9.17, 15) is 8.42 Å². The molecule has 0 aromatic rings. The maximum Gasteiger partial charge on any atom is 0.279 e. The summed E-state index contributed by atoms with van der Waals surface area (Å²) in [6.07, 6.45) is 3.67. The zero-order valence-electron chi connectivity index (χ0n) is 9.78. The van der Waals surface area contributed by atoms with Crippen LogP contribution < -0.4 is 10.5 Å². The maximum absolute atomic E-state index is 11.9. The molecule has 94 valence electrons. The number of rotatable bonds is 4. The first-order valence-corrected chi connectivity index (χ1v) is 7.37. The first-order valence-electron chi connectivity index (χ1n) is 5.93. The summed E-state index contributed by atoms with van der Waals surface area (Å²) in [5.41, 5.74) is 5.82. The van der Waals surface area contributed by atoms with E-state index in [2.05, 4.69) is 11.6 Å². The van der Waals surface area contributed by atoms with Crippen LogP contribution in [-0.2, 0) is 10.2 Å². The molecule has 0 aromatic heterocycles. The maximum atomic E-state index is 11.9. The zero-order valence-corrected chi connectivity index (χ0v) is 10.6. The van der Waals surface area contributed by atoms with Crippen LogP contribution in [0.25, 0.3) is 0 Å². The molecule has 1 aliphatic heterocycles. The summed E-state index contributed by atoms with van der Waals surface area (Å²) in [6, 6.07) is 0.188. The molecule has 16 heavy (non-hydrogen) atoms. The van der Waals surface area contributed by atoms with Crippen LogP contribution in [0.5, 0.6) is 0 Å². The van der Waals surface area contributed by atoms with Crippen LogP contribution in [0.2, 0.25) is 0 Å². The average molecular weight is 247 g/mol. The Morgan fingerprint density at radius 2 is 1.94 bits per heavy atom. The van der Waals surface area contributed by atoms with Crippen LogP contribution >= 0.6 is 0 Å². The first kappa shape index (κ1) is 12.3. The third-order valence-corrected chi connectivity index (χ3v) is 5.33. The molecule has 5 nitrogen and oxygen atoms in total. The molecule has 1 aliphatic carbocycles. The molecular formula is C10H21N3O2S. The smallest absolute Gasteiger partial charge is 0.279 e. The molecule has 0 radical (unpaired) electrons. The summed E-state index contributed by atoms with van der Waals surface area (Å²) in [4.78, 5) is 0. The van der Waals surface area contributed by atoms with Gasteiger partial charge in [-0.15, -0.1) is 0 Å². The number of nitrogens with two attached hydrogens (primary N) is 1. The minimum Gasteiger partial charge on any atom is -0.330 e. The summed E-state index contributed by atoms with van der Waals surface area (Å²) in [7, 11) is -3.24. The highest BCUT2D eigenvalue weighted by Gasteiger charge is 2.36. The Balaban J connectivity index is 1.92. The average Bonchev–Trinajstić information content (AvgIpc) is 3.02. The number of nitrogens with one attached hydrogen (secondary N) is 1. The molecule has 2 aliphatic rings. The highest BCUT2D eigenvalue weighted by atomic mass is 32.2. The van der Waals surface area contributed by atoms with Gasteiger partial charge in [0, 0.05) is 19.1 Å². The fourth-order valence-corrected chi connectivity index (χ4v) is 3.43. The Hall–Kier alpha value is -0.170. The Kier molecular flexibility index (Phi) is 3.27. The molecule has 0 atom stereocenters. The van der Waals surface area contributed by atoms with Crippen LogP contribution in [0.4, 0.5) is 0 Å². The van der Waals surface area contributed by atoms with Gasteiger partial charge in [0.2, 0.25) is 0 Å². The van der Waals surface area contributed by atoms with Gasteiger partial charge in [-0.25, -0.2) is 0 Å². The van der Waals surface area contributed by atoms with Gasteiger partial charge in [-0.05, 0) is 37.6 Å². The lowest BCUT2D eigenvalue weighted by atomic mass is 9.81. The van der Waals surface area contributed by atoms with Gasteiger partial charge < -0.3 is 5.73 Å². The number of piperidine rings is 1. The minimum absolute atomic E-state index is 0.117. The number of hydrogen-bond donors (Lipinski definition) is 2. The Morgan fingerprint density at radius 1 is 1.38 bits per heavy atom. The Morgan fingerprint density at radius 3 is 2.38 bits per heavy atom. The normalized spacial score (nSPS) is 26.9. The molecular weight excluding hydrogens is 226 g/mol. The van der Waals surface area contributed by atoms with Gasteiger partial charge in [0.05, 0.1) is 0 Å². The molecule has 1 saturated carbocycles. The second kappa shape index (κ2) is 4.25. The SMILES string of the molecule is CC1(CN)CCN(S(=O)(=O)NC2CC2)CC1. The van der Waals surface area contributed by atoms with Gasteiger partial charge in [0.1, 0.15) is 0 Å². The number of hydrogen-bond acceptors (Lipinski definition) is 3. The summed E-state index contributed by atoms with van der Waals surface area (Å²) in [5.74, 6) is 0. The van der Waals surface area contributed by atoms with Gasteiger partial charge >= 0.3 is 0 Å². The lowest BCUT2D eigenvalue weighted by Gasteiger charge is -2.37.